The average molecular weight is 271 g/mol. The largest absolute Gasteiger partial charge is 0.207 e. The maximum absolute atomic E-state index is 13.4. The molecule has 0 bridgehead atoms. The Labute approximate surface area is 99.0 Å². The molecule has 1 unspecified atom stereocenters. The molecule has 82 valence electrons. The van der Waals surface area contributed by atoms with Gasteiger partial charge in [0.2, 0.25) is 0 Å². The number of hydrogen-bond acceptors (Lipinski definition) is 0. The van der Waals surface area contributed by atoms with E-state index in [1.54, 1.807) is 12.1 Å². The van der Waals surface area contributed by atoms with Gasteiger partial charge in [0.1, 0.15) is 5.82 Å². The number of halogens is 2. The van der Waals surface area contributed by atoms with Crippen LogP contribution in [0.25, 0.3) is 0 Å². The highest BCUT2D eigenvalue weighted by Gasteiger charge is 2.23. The van der Waals surface area contributed by atoms with Gasteiger partial charge in [-0.15, -0.1) is 0 Å². The van der Waals surface area contributed by atoms with Gasteiger partial charge in [-0.2, -0.15) is 0 Å². The molecular weight excluding hydrogens is 255 g/mol. The van der Waals surface area contributed by atoms with Crippen LogP contribution in [0.1, 0.15) is 31.2 Å². The maximum Gasteiger partial charge on any atom is 0.126 e. The molecule has 1 saturated carbocycles. The average Bonchev–Trinajstić information content (AvgIpc) is 2.74. The van der Waals surface area contributed by atoms with Crippen molar-refractivity contribution in [1.82, 2.24) is 0 Å². The van der Waals surface area contributed by atoms with Gasteiger partial charge in [-0.3, -0.25) is 0 Å². The Hall–Kier alpha value is -0.370. The molecule has 1 aliphatic carbocycles. The molecule has 0 spiro atoms. The summed E-state index contributed by atoms with van der Waals surface area (Å²) in [6, 6.07) is 7.09. The molecule has 0 saturated heterocycles. The molecule has 0 nitrogen and oxygen atoms in total. The van der Waals surface area contributed by atoms with Crippen LogP contribution in [0.2, 0.25) is 0 Å². The lowest BCUT2D eigenvalue weighted by Gasteiger charge is -2.17. The molecule has 15 heavy (non-hydrogen) atoms. The second-order valence-electron chi connectivity index (χ2n) is 4.36. The third-order valence-electron chi connectivity index (χ3n) is 3.28. The number of alkyl halides is 1. The number of hydrogen-bond donors (Lipinski definition) is 0. The lowest BCUT2D eigenvalue weighted by atomic mass is 9.98. The lowest BCUT2D eigenvalue weighted by Crippen LogP contribution is -2.14. The van der Waals surface area contributed by atoms with Crippen LogP contribution in [0, 0.1) is 11.7 Å². The fraction of sp³-hybridized carbons (Fsp3) is 0.538. The van der Waals surface area contributed by atoms with Gasteiger partial charge in [0, 0.05) is 4.83 Å². The van der Waals surface area contributed by atoms with Crippen molar-refractivity contribution in [3.63, 3.8) is 0 Å². The van der Waals surface area contributed by atoms with Crippen LogP contribution in [0.5, 0.6) is 0 Å². The van der Waals surface area contributed by atoms with Crippen LogP contribution >= 0.6 is 15.9 Å². The van der Waals surface area contributed by atoms with Gasteiger partial charge in [-0.1, -0.05) is 47.0 Å². The lowest BCUT2D eigenvalue weighted by molar-refractivity contribution is 0.515. The summed E-state index contributed by atoms with van der Waals surface area (Å²) in [6.45, 7) is 0. The molecule has 1 aliphatic rings. The van der Waals surface area contributed by atoms with Crippen LogP contribution in [-0.4, -0.2) is 4.83 Å². The molecule has 0 N–H and O–H groups in total. The van der Waals surface area contributed by atoms with E-state index in [1.807, 2.05) is 12.1 Å². The van der Waals surface area contributed by atoms with Crippen LogP contribution < -0.4 is 0 Å². The molecule has 0 amide bonds. The summed E-state index contributed by atoms with van der Waals surface area (Å²) in [5.74, 6) is 0.671. The van der Waals surface area contributed by atoms with Crippen molar-refractivity contribution in [3.05, 3.63) is 35.6 Å². The summed E-state index contributed by atoms with van der Waals surface area (Å²) in [4.78, 5) is 0.442. The summed E-state index contributed by atoms with van der Waals surface area (Å²) in [5, 5.41) is 0. The van der Waals surface area contributed by atoms with Crippen LogP contribution in [0.4, 0.5) is 4.39 Å². The first kappa shape index (κ1) is 11.1. The van der Waals surface area contributed by atoms with Crippen LogP contribution in [0.3, 0.4) is 0 Å². The zero-order chi connectivity index (χ0) is 10.7. The van der Waals surface area contributed by atoms with E-state index in [0.29, 0.717) is 4.83 Å². The van der Waals surface area contributed by atoms with E-state index >= 15 is 0 Å². The molecule has 0 aromatic heterocycles. The first-order valence-electron chi connectivity index (χ1n) is 5.65. The van der Waals surface area contributed by atoms with E-state index in [-0.39, 0.29) is 5.82 Å². The minimum Gasteiger partial charge on any atom is -0.207 e. The first-order chi connectivity index (χ1) is 7.27. The van der Waals surface area contributed by atoms with E-state index < -0.39 is 0 Å². The van der Waals surface area contributed by atoms with Gasteiger partial charge in [0.05, 0.1) is 0 Å². The Morgan fingerprint density at radius 3 is 2.60 bits per heavy atom. The van der Waals surface area contributed by atoms with E-state index in [0.717, 1.165) is 17.9 Å². The topological polar surface area (TPSA) is 0 Å². The maximum atomic E-state index is 13.4. The Kier molecular flexibility index (Phi) is 3.79. The third kappa shape index (κ3) is 2.81. The summed E-state index contributed by atoms with van der Waals surface area (Å²) >= 11 is 3.71. The van der Waals surface area contributed by atoms with Crippen molar-refractivity contribution in [1.29, 1.82) is 0 Å². The fourth-order valence-corrected chi connectivity index (χ4v) is 3.24. The van der Waals surface area contributed by atoms with Crippen molar-refractivity contribution in [2.75, 3.05) is 0 Å². The minimum atomic E-state index is -0.0695. The fourth-order valence-electron chi connectivity index (χ4n) is 2.36. The van der Waals surface area contributed by atoms with Gasteiger partial charge in [-0.25, -0.2) is 4.39 Å². The zero-order valence-corrected chi connectivity index (χ0v) is 10.3. The smallest absolute Gasteiger partial charge is 0.126 e. The summed E-state index contributed by atoms with van der Waals surface area (Å²) < 4.78 is 13.4. The van der Waals surface area contributed by atoms with E-state index in [1.165, 1.54) is 25.7 Å². The first-order valence-corrected chi connectivity index (χ1v) is 6.56. The highest BCUT2D eigenvalue weighted by atomic mass is 79.9. The van der Waals surface area contributed by atoms with Crippen molar-refractivity contribution in [2.45, 2.75) is 36.9 Å². The highest BCUT2D eigenvalue weighted by Crippen LogP contribution is 2.33. The molecular formula is C13H16BrF. The zero-order valence-electron chi connectivity index (χ0n) is 8.76. The molecule has 1 aromatic rings. The Morgan fingerprint density at radius 2 is 1.93 bits per heavy atom. The molecule has 1 aromatic carbocycles. The third-order valence-corrected chi connectivity index (χ3v) is 4.36. The van der Waals surface area contributed by atoms with Gasteiger partial charge in [0.15, 0.2) is 0 Å². The quantitative estimate of drug-likeness (QED) is 0.718. The molecule has 1 atom stereocenters. The second kappa shape index (κ2) is 5.11. The number of benzene rings is 1. The minimum absolute atomic E-state index is 0.0695. The monoisotopic (exact) mass is 270 g/mol. The van der Waals surface area contributed by atoms with Crippen molar-refractivity contribution >= 4 is 15.9 Å². The molecule has 1 fully saturated rings. The van der Waals surface area contributed by atoms with Crippen molar-refractivity contribution in [2.24, 2.45) is 5.92 Å². The standard InChI is InChI=1S/C13H16BrF/c14-12(10-5-1-2-6-10)9-11-7-3-4-8-13(11)15/h3-4,7-8,10,12H,1-2,5-6,9H2. The van der Waals surface area contributed by atoms with Crippen molar-refractivity contribution < 1.29 is 4.39 Å². The van der Waals surface area contributed by atoms with Gasteiger partial charge in [0.25, 0.3) is 0 Å². The normalized spacial score (nSPS) is 19.3. The predicted molar refractivity (Wildman–Crippen MR) is 64.8 cm³/mol. The number of rotatable bonds is 3. The van der Waals surface area contributed by atoms with Crippen LogP contribution in [0.15, 0.2) is 24.3 Å². The summed E-state index contributed by atoms with van der Waals surface area (Å²) in [7, 11) is 0. The Balaban J connectivity index is 1.99. The van der Waals surface area contributed by atoms with E-state index in [9.17, 15) is 4.39 Å². The van der Waals surface area contributed by atoms with Gasteiger partial charge in [-0.05, 0) is 36.8 Å². The van der Waals surface area contributed by atoms with E-state index in [2.05, 4.69) is 15.9 Å². The molecule has 0 radical (unpaired) electrons. The summed E-state index contributed by atoms with van der Waals surface area (Å²) in [6.07, 6.45) is 6.08. The highest BCUT2D eigenvalue weighted by molar-refractivity contribution is 9.09. The Morgan fingerprint density at radius 1 is 1.27 bits per heavy atom. The summed E-state index contributed by atoms with van der Waals surface area (Å²) in [5.41, 5.74) is 0.839. The molecule has 2 heteroatoms. The molecule has 2 rings (SSSR count). The Bertz CT molecular complexity index is 318. The van der Waals surface area contributed by atoms with Crippen LogP contribution in [-0.2, 0) is 6.42 Å². The van der Waals surface area contributed by atoms with Gasteiger partial charge < -0.3 is 0 Å². The SMILES string of the molecule is Fc1ccccc1CC(Br)C1CCCC1. The molecule has 0 heterocycles. The second-order valence-corrected chi connectivity index (χ2v) is 5.53. The predicted octanol–water partition coefficient (Wildman–Crippen LogP) is 4.32. The van der Waals surface area contributed by atoms with E-state index in [4.69, 9.17) is 0 Å². The van der Waals surface area contributed by atoms with Crippen molar-refractivity contribution in [3.8, 4) is 0 Å². The molecule has 0 aliphatic heterocycles. The van der Waals surface area contributed by atoms with Gasteiger partial charge >= 0.3 is 0 Å².